The molecule has 0 saturated carbocycles. The molecule has 1 fully saturated rings. The van der Waals surface area contributed by atoms with Gasteiger partial charge in [0.15, 0.2) is 0 Å². The van der Waals surface area contributed by atoms with Gasteiger partial charge >= 0.3 is 5.97 Å². The molecule has 2 rings (SSSR count). The van der Waals surface area contributed by atoms with Crippen LogP contribution in [0.15, 0.2) is 12.1 Å². The van der Waals surface area contributed by atoms with Crippen LogP contribution in [0.1, 0.15) is 31.7 Å². The fourth-order valence-electron chi connectivity index (χ4n) is 2.99. The number of hydrogen-bond donors (Lipinski definition) is 0. The number of carbonyl (C=O) groups excluding carboxylic acids is 1. The van der Waals surface area contributed by atoms with Gasteiger partial charge in [0.2, 0.25) is 0 Å². The number of nitrogens with zero attached hydrogens (tertiary/aromatic N) is 3. The number of hydrogen-bond acceptors (Lipinski definition) is 7. The van der Waals surface area contributed by atoms with Crippen molar-refractivity contribution in [2.75, 3.05) is 31.3 Å². The molecule has 0 bridgehead atoms. The smallest absolute Gasteiger partial charge is 0.332 e. The van der Waals surface area contributed by atoms with E-state index in [1.165, 1.54) is 12.1 Å². The Hall–Kier alpha value is -2.37. The van der Waals surface area contributed by atoms with Crippen LogP contribution in [0.4, 0.5) is 11.4 Å². The van der Waals surface area contributed by atoms with Gasteiger partial charge in [-0.05, 0) is 32.3 Å². The molecule has 0 radical (unpaired) electrons. The summed E-state index contributed by atoms with van der Waals surface area (Å²) >= 11 is 6.09. The van der Waals surface area contributed by atoms with E-state index in [1.807, 2.05) is 11.0 Å². The number of nitro groups is 1. The van der Waals surface area contributed by atoms with Crippen LogP contribution in [0.3, 0.4) is 0 Å². The molecule has 0 aromatic heterocycles. The van der Waals surface area contributed by atoms with Crippen LogP contribution < -0.4 is 4.90 Å². The van der Waals surface area contributed by atoms with E-state index >= 15 is 0 Å². The van der Waals surface area contributed by atoms with Gasteiger partial charge in [-0.1, -0.05) is 11.6 Å². The summed E-state index contributed by atoms with van der Waals surface area (Å²) in [6.07, 6.45) is 2.61. The maximum absolute atomic E-state index is 11.5. The number of ether oxygens (including phenoxy) is 2. The average molecular weight is 382 g/mol. The van der Waals surface area contributed by atoms with Crippen molar-refractivity contribution in [1.29, 1.82) is 5.26 Å². The van der Waals surface area contributed by atoms with E-state index in [1.54, 1.807) is 6.92 Å². The lowest BCUT2D eigenvalue weighted by Gasteiger charge is -2.37. The zero-order valence-electron chi connectivity index (χ0n) is 14.4. The number of benzene rings is 1. The van der Waals surface area contributed by atoms with Crippen LogP contribution in [-0.2, 0) is 14.3 Å². The predicted molar refractivity (Wildman–Crippen MR) is 95.3 cm³/mol. The zero-order valence-corrected chi connectivity index (χ0v) is 15.2. The van der Waals surface area contributed by atoms with E-state index in [0.717, 1.165) is 19.3 Å². The van der Waals surface area contributed by atoms with Crippen molar-refractivity contribution in [3.63, 3.8) is 0 Å². The Morgan fingerprint density at radius 1 is 1.50 bits per heavy atom. The molecule has 1 aromatic rings. The molecule has 0 unspecified atom stereocenters. The number of piperidine rings is 1. The minimum atomic E-state index is -0.516. The third-order valence-corrected chi connectivity index (χ3v) is 4.47. The molecular formula is C17H20ClN3O5. The standard InChI is InChI=1S/C17H20ClN3O5/c1-2-26-17(22)11-25-10-13-5-3-4-6-20(13)15-8-14(18)12(9-19)7-16(15)21(23)24/h7-8,13H,2-6,10-11H2,1H3/t13-/m0/s1. The molecule has 140 valence electrons. The highest BCUT2D eigenvalue weighted by Gasteiger charge is 2.29. The van der Waals surface area contributed by atoms with Crippen molar-refractivity contribution < 1.29 is 19.2 Å². The molecular weight excluding hydrogens is 362 g/mol. The van der Waals surface area contributed by atoms with Crippen LogP contribution in [0.2, 0.25) is 5.02 Å². The minimum absolute atomic E-state index is 0.0641. The van der Waals surface area contributed by atoms with Crippen molar-refractivity contribution in [2.24, 2.45) is 0 Å². The monoisotopic (exact) mass is 381 g/mol. The van der Waals surface area contributed by atoms with E-state index in [2.05, 4.69) is 0 Å². The lowest BCUT2D eigenvalue weighted by Crippen LogP contribution is -2.43. The van der Waals surface area contributed by atoms with Crippen LogP contribution in [0.25, 0.3) is 0 Å². The SMILES string of the molecule is CCOC(=O)COC[C@@H]1CCCCN1c1cc(Cl)c(C#N)cc1[N+](=O)[O-]. The van der Waals surface area contributed by atoms with Gasteiger partial charge in [0, 0.05) is 12.6 Å². The van der Waals surface area contributed by atoms with Crippen molar-refractivity contribution in [3.05, 3.63) is 32.8 Å². The third kappa shape index (κ3) is 4.84. The van der Waals surface area contributed by atoms with Crippen LogP contribution in [0.5, 0.6) is 0 Å². The molecule has 1 aliphatic rings. The second-order valence-electron chi connectivity index (χ2n) is 5.85. The maximum Gasteiger partial charge on any atom is 0.332 e. The van der Waals surface area contributed by atoms with Gasteiger partial charge in [0.1, 0.15) is 18.4 Å². The summed E-state index contributed by atoms with van der Waals surface area (Å²) in [5.41, 5.74) is 0.265. The number of halogens is 1. The Balaban J connectivity index is 2.21. The summed E-state index contributed by atoms with van der Waals surface area (Å²) in [7, 11) is 0. The van der Waals surface area contributed by atoms with Crippen LogP contribution >= 0.6 is 11.6 Å². The fraction of sp³-hybridized carbons (Fsp3) is 0.529. The first-order valence-electron chi connectivity index (χ1n) is 8.36. The first-order valence-corrected chi connectivity index (χ1v) is 8.73. The minimum Gasteiger partial charge on any atom is -0.464 e. The van der Waals surface area contributed by atoms with Crippen molar-refractivity contribution in [1.82, 2.24) is 0 Å². The molecule has 1 aliphatic heterocycles. The highest BCUT2D eigenvalue weighted by atomic mass is 35.5. The Bertz CT molecular complexity index is 719. The normalized spacial score (nSPS) is 16.8. The summed E-state index contributed by atoms with van der Waals surface area (Å²) in [4.78, 5) is 24.2. The van der Waals surface area contributed by atoms with E-state index in [0.29, 0.717) is 12.2 Å². The molecule has 1 heterocycles. The summed E-state index contributed by atoms with van der Waals surface area (Å²) in [5, 5.41) is 20.7. The van der Waals surface area contributed by atoms with E-state index in [4.69, 9.17) is 26.3 Å². The largest absolute Gasteiger partial charge is 0.464 e. The number of carbonyl (C=O) groups is 1. The zero-order chi connectivity index (χ0) is 19.1. The fourth-order valence-corrected chi connectivity index (χ4v) is 3.19. The Morgan fingerprint density at radius 2 is 2.27 bits per heavy atom. The van der Waals surface area contributed by atoms with Gasteiger partial charge in [0.25, 0.3) is 5.69 Å². The predicted octanol–water partition coefficient (Wildman–Crippen LogP) is 3.06. The maximum atomic E-state index is 11.5. The Kier molecular flexibility index (Phi) is 7.18. The summed E-state index contributed by atoms with van der Waals surface area (Å²) in [5.74, 6) is -0.442. The van der Waals surface area contributed by atoms with E-state index < -0.39 is 10.9 Å². The average Bonchev–Trinajstić information content (AvgIpc) is 2.62. The Labute approximate surface area is 156 Å². The molecule has 1 aromatic carbocycles. The lowest BCUT2D eigenvalue weighted by molar-refractivity contribution is -0.384. The molecule has 9 heteroatoms. The second kappa shape index (κ2) is 9.36. The number of esters is 1. The number of anilines is 1. The van der Waals surface area contributed by atoms with Gasteiger partial charge in [-0.2, -0.15) is 5.26 Å². The van der Waals surface area contributed by atoms with E-state index in [-0.39, 0.29) is 42.1 Å². The number of nitriles is 1. The second-order valence-corrected chi connectivity index (χ2v) is 6.26. The van der Waals surface area contributed by atoms with Gasteiger partial charge in [0.05, 0.1) is 34.8 Å². The topological polar surface area (TPSA) is 106 Å². The molecule has 0 aliphatic carbocycles. The molecule has 0 amide bonds. The van der Waals surface area contributed by atoms with Gasteiger partial charge < -0.3 is 14.4 Å². The van der Waals surface area contributed by atoms with Gasteiger partial charge in [-0.15, -0.1) is 0 Å². The molecule has 0 N–H and O–H groups in total. The molecule has 0 spiro atoms. The number of rotatable bonds is 7. The van der Waals surface area contributed by atoms with Gasteiger partial charge in [-0.25, -0.2) is 4.79 Å². The lowest BCUT2D eigenvalue weighted by atomic mass is 10.0. The number of nitro benzene ring substituents is 1. The van der Waals surface area contributed by atoms with E-state index in [9.17, 15) is 14.9 Å². The summed E-state index contributed by atoms with van der Waals surface area (Å²) in [6, 6.07) is 4.39. The van der Waals surface area contributed by atoms with Crippen molar-refractivity contribution >= 4 is 28.9 Å². The molecule has 1 atom stereocenters. The highest BCUT2D eigenvalue weighted by Crippen LogP contribution is 2.37. The quantitative estimate of drug-likeness (QED) is 0.406. The first-order chi connectivity index (χ1) is 12.5. The first kappa shape index (κ1) is 19.9. The van der Waals surface area contributed by atoms with Crippen LogP contribution in [0, 0.1) is 21.4 Å². The van der Waals surface area contributed by atoms with Crippen molar-refractivity contribution in [3.8, 4) is 6.07 Å². The molecule has 1 saturated heterocycles. The Morgan fingerprint density at radius 3 is 2.92 bits per heavy atom. The molecule has 8 nitrogen and oxygen atoms in total. The highest BCUT2D eigenvalue weighted by molar-refractivity contribution is 6.32. The third-order valence-electron chi connectivity index (χ3n) is 4.15. The van der Waals surface area contributed by atoms with Gasteiger partial charge in [-0.3, -0.25) is 10.1 Å². The molecule has 26 heavy (non-hydrogen) atoms. The summed E-state index contributed by atoms with van der Waals surface area (Å²) in [6.45, 7) is 2.70. The summed E-state index contributed by atoms with van der Waals surface area (Å²) < 4.78 is 10.3. The van der Waals surface area contributed by atoms with Crippen molar-refractivity contribution in [2.45, 2.75) is 32.2 Å². The van der Waals surface area contributed by atoms with Crippen LogP contribution in [-0.4, -0.2) is 43.3 Å².